The number of rotatable bonds is 4. The number of hydrogen-bond acceptors (Lipinski definition) is 2. The lowest BCUT2D eigenvalue weighted by molar-refractivity contribution is 0.220. The average molecular weight is 269 g/mol. The zero-order chi connectivity index (χ0) is 14.7. The maximum absolute atomic E-state index is 10.4. The van der Waals surface area contributed by atoms with Gasteiger partial charge in [0.25, 0.3) is 0 Å². The maximum atomic E-state index is 10.4. The van der Waals surface area contributed by atoms with Crippen LogP contribution in [0.4, 0.5) is 5.69 Å². The monoisotopic (exact) mass is 269 g/mol. The minimum Gasteiger partial charge on any atom is -0.384 e. The van der Waals surface area contributed by atoms with E-state index in [2.05, 4.69) is 26.0 Å². The average Bonchev–Trinajstić information content (AvgIpc) is 2.46. The maximum Gasteiger partial charge on any atom is 0.104 e. The highest BCUT2D eigenvalue weighted by atomic mass is 16.3. The molecule has 0 heterocycles. The van der Waals surface area contributed by atoms with Crippen molar-refractivity contribution in [2.75, 3.05) is 19.0 Å². The molecule has 2 nitrogen and oxygen atoms in total. The van der Waals surface area contributed by atoms with Gasteiger partial charge in [-0.05, 0) is 34.7 Å². The van der Waals surface area contributed by atoms with Crippen molar-refractivity contribution in [3.63, 3.8) is 0 Å². The molecule has 2 rings (SSSR count). The first-order chi connectivity index (χ1) is 9.49. The lowest BCUT2D eigenvalue weighted by Gasteiger charge is -2.16. The molecule has 1 atom stereocenters. The van der Waals surface area contributed by atoms with Gasteiger partial charge >= 0.3 is 0 Å². The summed E-state index contributed by atoms with van der Waals surface area (Å²) in [5.41, 5.74) is 4.29. The minimum atomic E-state index is -0.563. The van der Waals surface area contributed by atoms with Crippen molar-refractivity contribution >= 4 is 5.69 Å². The number of hydrogen-bond donors (Lipinski definition) is 1. The molecule has 1 N–H and O–H groups in total. The lowest BCUT2D eigenvalue weighted by Crippen LogP contribution is -2.08. The minimum absolute atomic E-state index is 0.514. The first-order valence-electron chi connectivity index (χ1n) is 7.04. The van der Waals surface area contributed by atoms with Crippen LogP contribution in [0.3, 0.4) is 0 Å². The molecule has 2 aromatic rings. The van der Waals surface area contributed by atoms with E-state index in [1.54, 1.807) is 0 Å². The van der Waals surface area contributed by atoms with Gasteiger partial charge in [0, 0.05) is 19.8 Å². The third-order valence-electron chi connectivity index (χ3n) is 3.64. The van der Waals surface area contributed by atoms with Crippen molar-refractivity contribution < 1.29 is 5.11 Å². The van der Waals surface area contributed by atoms with Gasteiger partial charge in [-0.3, -0.25) is 0 Å². The third kappa shape index (κ3) is 3.20. The second-order valence-electron chi connectivity index (χ2n) is 5.71. The molecule has 2 aromatic carbocycles. The summed E-state index contributed by atoms with van der Waals surface area (Å²) in [6, 6.07) is 16.2. The van der Waals surface area contributed by atoms with Crippen LogP contribution in [0.15, 0.2) is 48.5 Å². The fourth-order valence-corrected chi connectivity index (χ4v) is 2.21. The standard InChI is InChI=1S/C18H23NO/c1-13(2)14-5-7-15(8-6-14)18(20)16-9-11-17(12-10-16)19(3)4/h5-13,18,20H,1-4H3. The molecule has 106 valence electrons. The highest BCUT2D eigenvalue weighted by molar-refractivity contribution is 5.47. The molecule has 0 aliphatic heterocycles. The molecule has 0 amide bonds. The van der Waals surface area contributed by atoms with E-state index in [0.29, 0.717) is 5.92 Å². The highest BCUT2D eigenvalue weighted by Gasteiger charge is 2.11. The Morgan fingerprint density at radius 2 is 1.15 bits per heavy atom. The van der Waals surface area contributed by atoms with Gasteiger partial charge in [0.2, 0.25) is 0 Å². The Morgan fingerprint density at radius 3 is 1.55 bits per heavy atom. The molecule has 0 saturated carbocycles. The molecule has 0 spiro atoms. The van der Waals surface area contributed by atoms with E-state index in [4.69, 9.17) is 0 Å². The molecule has 0 bridgehead atoms. The van der Waals surface area contributed by atoms with Crippen molar-refractivity contribution in [2.24, 2.45) is 0 Å². The number of benzene rings is 2. The van der Waals surface area contributed by atoms with Gasteiger partial charge in [0.05, 0.1) is 0 Å². The second kappa shape index (κ2) is 6.10. The predicted octanol–water partition coefficient (Wildman–Crippen LogP) is 3.96. The van der Waals surface area contributed by atoms with Crippen molar-refractivity contribution in [2.45, 2.75) is 25.9 Å². The zero-order valence-corrected chi connectivity index (χ0v) is 12.7. The molecule has 0 aliphatic rings. The van der Waals surface area contributed by atoms with Crippen molar-refractivity contribution in [1.82, 2.24) is 0 Å². The molecule has 20 heavy (non-hydrogen) atoms. The summed E-state index contributed by atoms with van der Waals surface area (Å²) in [6.07, 6.45) is -0.563. The first kappa shape index (κ1) is 14.6. The van der Waals surface area contributed by atoms with Crippen LogP contribution in [0.25, 0.3) is 0 Å². The van der Waals surface area contributed by atoms with Gasteiger partial charge in [-0.1, -0.05) is 50.2 Å². The Morgan fingerprint density at radius 1 is 0.750 bits per heavy atom. The molecule has 0 aliphatic carbocycles. The summed E-state index contributed by atoms with van der Waals surface area (Å²) in [5.74, 6) is 0.514. The summed E-state index contributed by atoms with van der Waals surface area (Å²) < 4.78 is 0. The molecule has 2 heteroatoms. The quantitative estimate of drug-likeness (QED) is 0.908. The van der Waals surface area contributed by atoms with Crippen molar-refractivity contribution in [3.8, 4) is 0 Å². The first-order valence-corrected chi connectivity index (χ1v) is 7.04. The summed E-state index contributed by atoms with van der Waals surface area (Å²) in [5, 5.41) is 10.4. The van der Waals surface area contributed by atoms with Crippen LogP contribution in [-0.4, -0.2) is 19.2 Å². The number of nitrogens with zero attached hydrogens (tertiary/aromatic N) is 1. The van der Waals surface area contributed by atoms with Crippen LogP contribution in [0.5, 0.6) is 0 Å². The van der Waals surface area contributed by atoms with Gasteiger partial charge in [0.15, 0.2) is 0 Å². The molecule has 1 unspecified atom stereocenters. The Kier molecular flexibility index (Phi) is 4.46. The number of aliphatic hydroxyl groups excluding tert-OH is 1. The predicted molar refractivity (Wildman–Crippen MR) is 85.4 cm³/mol. The van der Waals surface area contributed by atoms with E-state index >= 15 is 0 Å². The van der Waals surface area contributed by atoms with E-state index in [-0.39, 0.29) is 0 Å². The summed E-state index contributed by atoms with van der Waals surface area (Å²) in [4.78, 5) is 2.05. The molecule has 0 aromatic heterocycles. The van der Waals surface area contributed by atoms with Gasteiger partial charge in [-0.2, -0.15) is 0 Å². The fraction of sp³-hybridized carbons (Fsp3) is 0.333. The van der Waals surface area contributed by atoms with Gasteiger partial charge in [-0.25, -0.2) is 0 Å². The Hall–Kier alpha value is -1.80. The largest absolute Gasteiger partial charge is 0.384 e. The number of aliphatic hydroxyl groups is 1. The van der Waals surface area contributed by atoms with Crippen LogP contribution in [-0.2, 0) is 0 Å². The molecular weight excluding hydrogens is 246 g/mol. The Bertz CT molecular complexity index is 489. The Labute approximate surface area is 121 Å². The van der Waals surface area contributed by atoms with E-state index in [1.807, 2.05) is 55.4 Å². The second-order valence-corrected chi connectivity index (χ2v) is 5.71. The van der Waals surface area contributed by atoms with Crippen LogP contribution in [0.1, 0.15) is 42.6 Å². The fourth-order valence-electron chi connectivity index (χ4n) is 2.21. The van der Waals surface area contributed by atoms with Crippen LogP contribution >= 0.6 is 0 Å². The van der Waals surface area contributed by atoms with Gasteiger partial charge in [0.1, 0.15) is 6.10 Å². The van der Waals surface area contributed by atoms with E-state index < -0.39 is 6.10 Å². The Balaban J connectivity index is 2.19. The summed E-state index contributed by atoms with van der Waals surface area (Å²) in [7, 11) is 4.02. The SMILES string of the molecule is CC(C)c1ccc(C(O)c2ccc(N(C)C)cc2)cc1. The molecule has 0 fully saturated rings. The normalized spacial score (nSPS) is 12.5. The molecular formula is C18H23NO. The highest BCUT2D eigenvalue weighted by Crippen LogP contribution is 2.25. The molecule has 0 radical (unpaired) electrons. The van der Waals surface area contributed by atoms with Crippen LogP contribution < -0.4 is 4.90 Å². The van der Waals surface area contributed by atoms with Crippen LogP contribution in [0.2, 0.25) is 0 Å². The van der Waals surface area contributed by atoms with Crippen molar-refractivity contribution in [3.05, 3.63) is 65.2 Å². The topological polar surface area (TPSA) is 23.5 Å². The van der Waals surface area contributed by atoms with Gasteiger partial charge in [-0.15, -0.1) is 0 Å². The van der Waals surface area contributed by atoms with E-state index in [1.165, 1.54) is 5.56 Å². The van der Waals surface area contributed by atoms with Gasteiger partial charge < -0.3 is 10.0 Å². The molecule has 0 saturated heterocycles. The smallest absolute Gasteiger partial charge is 0.104 e. The summed E-state index contributed by atoms with van der Waals surface area (Å²) >= 11 is 0. The van der Waals surface area contributed by atoms with E-state index in [0.717, 1.165) is 16.8 Å². The number of anilines is 1. The van der Waals surface area contributed by atoms with Crippen molar-refractivity contribution in [1.29, 1.82) is 0 Å². The van der Waals surface area contributed by atoms with Crippen LogP contribution in [0, 0.1) is 0 Å². The lowest BCUT2D eigenvalue weighted by atomic mass is 9.97. The summed E-state index contributed by atoms with van der Waals surface area (Å²) in [6.45, 7) is 4.34. The zero-order valence-electron chi connectivity index (χ0n) is 12.7. The third-order valence-corrected chi connectivity index (χ3v) is 3.64. The van der Waals surface area contributed by atoms with E-state index in [9.17, 15) is 5.11 Å².